The van der Waals surface area contributed by atoms with Crippen molar-refractivity contribution in [3.63, 3.8) is 0 Å². The number of anilines is 1. The average molecular weight is 303 g/mol. The van der Waals surface area contributed by atoms with Crippen molar-refractivity contribution >= 4 is 11.7 Å². The first-order chi connectivity index (χ1) is 10.4. The van der Waals surface area contributed by atoms with Crippen LogP contribution in [0.5, 0.6) is 0 Å². The monoisotopic (exact) mass is 303 g/mol. The predicted molar refractivity (Wildman–Crippen MR) is 92.6 cm³/mol. The molecule has 1 aliphatic heterocycles. The number of benzene rings is 1. The molecule has 1 aromatic carbocycles. The SMILES string of the molecule is CCCNC(=O)N1CCN(c2ccccc2C(C)(C)C)CC1. The van der Waals surface area contributed by atoms with E-state index in [0.29, 0.717) is 0 Å². The Bertz CT molecular complexity index is 499. The largest absolute Gasteiger partial charge is 0.368 e. The van der Waals surface area contributed by atoms with E-state index in [4.69, 9.17) is 0 Å². The number of nitrogens with one attached hydrogen (secondary N) is 1. The number of piperazine rings is 1. The van der Waals surface area contributed by atoms with E-state index >= 15 is 0 Å². The smallest absolute Gasteiger partial charge is 0.317 e. The average Bonchev–Trinajstić information content (AvgIpc) is 2.52. The minimum Gasteiger partial charge on any atom is -0.368 e. The maximum Gasteiger partial charge on any atom is 0.317 e. The Labute approximate surface area is 134 Å². The van der Waals surface area contributed by atoms with Gasteiger partial charge in [0.25, 0.3) is 0 Å². The van der Waals surface area contributed by atoms with E-state index in [1.54, 1.807) is 0 Å². The zero-order valence-electron chi connectivity index (χ0n) is 14.4. The van der Waals surface area contributed by atoms with E-state index in [-0.39, 0.29) is 11.4 Å². The van der Waals surface area contributed by atoms with Crippen molar-refractivity contribution in [1.29, 1.82) is 0 Å². The van der Waals surface area contributed by atoms with E-state index < -0.39 is 0 Å². The lowest BCUT2D eigenvalue weighted by Gasteiger charge is -2.38. The van der Waals surface area contributed by atoms with Crippen LogP contribution in [0.1, 0.15) is 39.7 Å². The van der Waals surface area contributed by atoms with Gasteiger partial charge in [-0.15, -0.1) is 0 Å². The second-order valence-electron chi connectivity index (χ2n) is 6.97. The van der Waals surface area contributed by atoms with Gasteiger partial charge in [0.2, 0.25) is 0 Å². The highest BCUT2D eigenvalue weighted by atomic mass is 16.2. The molecule has 122 valence electrons. The van der Waals surface area contributed by atoms with E-state index in [2.05, 4.69) is 62.2 Å². The molecule has 0 bridgehead atoms. The topological polar surface area (TPSA) is 35.6 Å². The van der Waals surface area contributed by atoms with E-state index in [0.717, 1.165) is 39.1 Å². The molecule has 1 saturated heterocycles. The summed E-state index contributed by atoms with van der Waals surface area (Å²) in [5.74, 6) is 0. The second kappa shape index (κ2) is 7.03. The summed E-state index contributed by atoms with van der Waals surface area (Å²) in [6, 6.07) is 8.71. The molecular formula is C18H29N3O. The standard InChI is InChI=1S/C18H29N3O/c1-5-10-19-17(22)21-13-11-20(12-14-21)16-9-7-6-8-15(16)18(2,3)4/h6-9H,5,10-14H2,1-4H3,(H,19,22). The molecule has 0 saturated carbocycles. The van der Waals surface area contributed by atoms with Crippen LogP contribution in [0, 0.1) is 0 Å². The Balaban J connectivity index is 2.02. The molecule has 0 radical (unpaired) electrons. The highest BCUT2D eigenvalue weighted by Gasteiger charge is 2.25. The van der Waals surface area contributed by atoms with Crippen LogP contribution in [0.25, 0.3) is 0 Å². The first kappa shape index (κ1) is 16.7. The number of hydrogen-bond donors (Lipinski definition) is 1. The fourth-order valence-corrected chi connectivity index (χ4v) is 2.88. The molecule has 2 amide bonds. The molecule has 1 aliphatic rings. The van der Waals surface area contributed by atoms with Crippen LogP contribution in [0.2, 0.25) is 0 Å². The molecule has 1 aromatic rings. The van der Waals surface area contributed by atoms with Gasteiger partial charge in [-0.25, -0.2) is 4.79 Å². The van der Waals surface area contributed by atoms with E-state index in [1.165, 1.54) is 11.3 Å². The lowest BCUT2D eigenvalue weighted by molar-refractivity contribution is 0.194. The third-order valence-electron chi connectivity index (χ3n) is 4.15. The Morgan fingerprint density at radius 3 is 2.36 bits per heavy atom. The summed E-state index contributed by atoms with van der Waals surface area (Å²) >= 11 is 0. The van der Waals surface area contributed by atoms with Gasteiger partial charge in [-0.05, 0) is 23.5 Å². The molecule has 4 nitrogen and oxygen atoms in total. The molecule has 0 unspecified atom stereocenters. The molecule has 4 heteroatoms. The molecule has 0 aromatic heterocycles. The number of amides is 2. The van der Waals surface area contributed by atoms with Crippen LogP contribution in [0.3, 0.4) is 0 Å². The highest BCUT2D eigenvalue weighted by Crippen LogP contribution is 2.32. The summed E-state index contributed by atoms with van der Waals surface area (Å²) in [5.41, 5.74) is 2.81. The van der Waals surface area contributed by atoms with Crippen LogP contribution in [0.15, 0.2) is 24.3 Å². The maximum absolute atomic E-state index is 12.0. The third-order valence-corrected chi connectivity index (χ3v) is 4.15. The number of carbonyl (C=O) groups excluding carboxylic acids is 1. The maximum atomic E-state index is 12.0. The summed E-state index contributed by atoms with van der Waals surface area (Å²) in [7, 11) is 0. The molecule has 1 heterocycles. The van der Waals surface area contributed by atoms with Crippen LogP contribution < -0.4 is 10.2 Å². The van der Waals surface area contributed by atoms with Crippen molar-refractivity contribution in [1.82, 2.24) is 10.2 Å². The van der Waals surface area contributed by atoms with Crippen LogP contribution in [-0.2, 0) is 5.41 Å². The summed E-state index contributed by atoms with van der Waals surface area (Å²) < 4.78 is 0. The zero-order valence-corrected chi connectivity index (χ0v) is 14.4. The van der Waals surface area contributed by atoms with E-state index in [1.807, 2.05) is 4.90 Å². The van der Waals surface area contributed by atoms with Crippen molar-refractivity contribution in [3.05, 3.63) is 29.8 Å². The number of nitrogens with zero attached hydrogens (tertiary/aromatic N) is 2. The molecule has 0 atom stereocenters. The number of carbonyl (C=O) groups is 1. The van der Waals surface area contributed by atoms with Gasteiger partial charge in [0.1, 0.15) is 0 Å². The molecule has 1 N–H and O–H groups in total. The van der Waals surface area contributed by atoms with Gasteiger partial charge in [0.15, 0.2) is 0 Å². The molecule has 0 spiro atoms. The molecule has 2 rings (SSSR count). The normalized spacial score (nSPS) is 15.8. The van der Waals surface area contributed by atoms with Crippen LogP contribution >= 0.6 is 0 Å². The number of hydrogen-bond acceptors (Lipinski definition) is 2. The van der Waals surface area contributed by atoms with Crippen molar-refractivity contribution < 1.29 is 4.79 Å². The molecular weight excluding hydrogens is 274 g/mol. The number of urea groups is 1. The van der Waals surface area contributed by atoms with E-state index in [9.17, 15) is 4.79 Å². The minimum atomic E-state index is 0.0746. The second-order valence-corrected chi connectivity index (χ2v) is 6.97. The molecule has 22 heavy (non-hydrogen) atoms. The molecule has 1 fully saturated rings. The molecule has 0 aliphatic carbocycles. The van der Waals surface area contributed by atoms with Crippen molar-refractivity contribution in [3.8, 4) is 0 Å². The quantitative estimate of drug-likeness (QED) is 0.930. The zero-order chi connectivity index (χ0) is 16.2. The fraction of sp³-hybridized carbons (Fsp3) is 0.611. The Morgan fingerprint density at radius 2 is 1.77 bits per heavy atom. The number of rotatable bonds is 3. The van der Waals surface area contributed by atoms with Crippen molar-refractivity contribution in [2.45, 2.75) is 39.5 Å². The third kappa shape index (κ3) is 3.93. The Kier molecular flexibility index (Phi) is 5.33. The van der Waals surface area contributed by atoms with Gasteiger partial charge in [-0.2, -0.15) is 0 Å². The number of para-hydroxylation sites is 1. The highest BCUT2D eigenvalue weighted by molar-refractivity contribution is 5.74. The van der Waals surface area contributed by atoms with Crippen molar-refractivity contribution in [2.75, 3.05) is 37.6 Å². The summed E-state index contributed by atoms with van der Waals surface area (Å²) in [4.78, 5) is 16.4. The predicted octanol–water partition coefficient (Wildman–Crippen LogP) is 3.23. The van der Waals surface area contributed by atoms with Gasteiger partial charge in [0.05, 0.1) is 0 Å². The summed E-state index contributed by atoms with van der Waals surface area (Å²) in [5, 5.41) is 2.96. The lowest BCUT2D eigenvalue weighted by Crippen LogP contribution is -2.52. The van der Waals surface area contributed by atoms with Gasteiger partial charge < -0.3 is 15.1 Å². The van der Waals surface area contributed by atoms with Gasteiger partial charge in [0, 0.05) is 38.4 Å². The summed E-state index contributed by atoms with van der Waals surface area (Å²) in [6.45, 7) is 12.9. The first-order valence-corrected chi connectivity index (χ1v) is 8.30. The lowest BCUT2D eigenvalue weighted by atomic mass is 9.85. The van der Waals surface area contributed by atoms with Crippen LogP contribution in [-0.4, -0.2) is 43.7 Å². The van der Waals surface area contributed by atoms with Crippen LogP contribution in [0.4, 0.5) is 10.5 Å². The first-order valence-electron chi connectivity index (χ1n) is 8.30. The van der Waals surface area contributed by atoms with Gasteiger partial charge >= 0.3 is 6.03 Å². The Hall–Kier alpha value is -1.71. The van der Waals surface area contributed by atoms with Gasteiger partial charge in [-0.1, -0.05) is 45.9 Å². The summed E-state index contributed by atoms with van der Waals surface area (Å²) in [6.07, 6.45) is 0.977. The Morgan fingerprint density at radius 1 is 1.14 bits per heavy atom. The fourth-order valence-electron chi connectivity index (χ4n) is 2.88. The van der Waals surface area contributed by atoms with Gasteiger partial charge in [-0.3, -0.25) is 0 Å². The minimum absolute atomic E-state index is 0.0746. The van der Waals surface area contributed by atoms with Crippen molar-refractivity contribution in [2.24, 2.45) is 0 Å².